The minimum Gasteiger partial charge on any atom is -0.494 e. The zero-order chi connectivity index (χ0) is 13.5. The van der Waals surface area contributed by atoms with Crippen molar-refractivity contribution in [1.29, 1.82) is 0 Å². The topological polar surface area (TPSA) is 57.4 Å². The van der Waals surface area contributed by atoms with Gasteiger partial charge in [0.2, 0.25) is 5.88 Å². The number of hydrogen-bond donors (Lipinski definition) is 1. The lowest BCUT2D eigenvalue weighted by atomic mass is 10.1. The van der Waals surface area contributed by atoms with Crippen LogP contribution in [0.5, 0.6) is 11.6 Å². The Bertz CT molecular complexity index is 495. The van der Waals surface area contributed by atoms with Crippen LogP contribution in [0.1, 0.15) is 12.5 Å². The molecule has 100 valence electrons. The SMILES string of the molecule is CCOc1ccc(CCOc2ccc(N)cn2)cc1. The van der Waals surface area contributed by atoms with Crippen molar-refractivity contribution in [2.24, 2.45) is 0 Å². The quantitative estimate of drug-likeness (QED) is 0.865. The number of pyridine rings is 1. The molecule has 0 atom stereocenters. The van der Waals surface area contributed by atoms with Gasteiger partial charge in [0.15, 0.2) is 0 Å². The highest BCUT2D eigenvalue weighted by Gasteiger charge is 1.98. The highest BCUT2D eigenvalue weighted by atomic mass is 16.5. The Kier molecular flexibility index (Phi) is 4.61. The number of nitrogens with zero attached hydrogens (tertiary/aromatic N) is 1. The maximum Gasteiger partial charge on any atom is 0.213 e. The minimum absolute atomic E-state index is 0.588. The van der Waals surface area contributed by atoms with Crippen molar-refractivity contribution in [1.82, 2.24) is 4.98 Å². The molecule has 0 radical (unpaired) electrons. The Morgan fingerprint density at radius 3 is 2.47 bits per heavy atom. The van der Waals surface area contributed by atoms with E-state index in [1.54, 1.807) is 18.3 Å². The predicted octanol–water partition coefficient (Wildman–Crippen LogP) is 2.68. The van der Waals surface area contributed by atoms with E-state index in [0.29, 0.717) is 24.8 Å². The molecule has 0 unspecified atom stereocenters. The van der Waals surface area contributed by atoms with Crippen molar-refractivity contribution in [3.8, 4) is 11.6 Å². The predicted molar refractivity (Wildman–Crippen MR) is 75.5 cm³/mol. The monoisotopic (exact) mass is 258 g/mol. The Morgan fingerprint density at radius 2 is 1.84 bits per heavy atom. The second-order valence-corrected chi connectivity index (χ2v) is 4.11. The van der Waals surface area contributed by atoms with E-state index in [9.17, 15) is 0 Å². The van der Waals surface area contributed by atoms with Crippen molar-refractivity contribution < 1.29 is 9.47 Å². The molecular formula is C15H18N2O2. The number of anilines is 1. The zero-order valence-corrected chi connectivity index (χ0v) is 11.0. The van der Waals surface area contributed by atoms with Gasteiger partial charge in [-0.15, -0.1) is 0 Å². The van der Waals surface area contributed by atoms with Crippen LogP contribution in [0.4, 0.5) is 5.69 Å². The van der Waals surface area contributed by atoms with Crippen LogP contribution in [-0.4, -0.2) is 18.2 Å². The second-order valence-electron chi connectivity index (χ2n) is 4.11. The third kappa shape index (κ3) is 4.17. The summed E-state index contributed by atoms with van der Waals surface area (Å²) in [5.41, 5.74) is 7.40. The first-order valence-corrected chi connectivity index (χ1v) is 6.34. The summed E-state index contributed by atoms with van der Waals surface area (Å²) in [5.74, 6) is 1.49. The van der Waals surface area contributed by atoms with Crippen LogP contribution in [0.25, 0.3) is 0 Å². The zero-order valence-electron chi connectivity index (χ0n) is 11.0. The summed E-state index contributed by atoms with van der Waals surface area (Å²) in [7, 11) is 0. The molecule has 2 aromatic rings. The summed E-state index contributed by atoms with van der Waals surface area (Å²) in [4.78, 5) is 4.08. The molecule has 4 nitrogen and oxygen atoms in total. The molecule has 2 N–H and O–H groups in total. The fourth-order valence-electron chi connectivity index (χ4n) is 1.67. The van der Waals surface area contributed by atoms with Crippen molar-refractivity contribution in [3.63, 3.8) is 0 Å². The lowest BCUT2D eigenvalue weighted by molar-refractivity contribution is 0.309. The van der Waals surface area contributed by atoms with E-state index in [2.05, 4.69) is 4.98 Å². The lowest BCUT2D eigenvalue weighted by Crippen LogP contribution is -2.03. The number of hydrogen-bond acceptors (Lipinski definition) is 4. The van der Waals surface area contributed by atoms with E-state index in [1.165, 1.54) is 5.56 Å². The summed E-state index contributed by atoms with van der Waals surface area (Å²) in [5, 5.41) is 0. The molecule has 19 heavy (non-hydrogen) atoms. The van der Waals surface area contributed by atoms with E-state index >= 15 is 0 Å². The number of rotatable bonds is 6. The third-order valence-corrected chi connectivity index (χ3v) is 2.63. The highest BCUT2D eigenvalue weighted by molar-refractivity contribution is 5.36. The van der Waals surface area contributed by atoms with Gasteiger partial charge < -0.3 is 15.2 Å². The molecule has 1 aromatic heterocycles. The summed E-state index contributed by atoms with van der Waals surface area (Å²) in [6, 6.07) is 11.6. The molecule has 0 aliphatic rings. The average Bonchev–Trinajstić information content (AvgIpc) is 2.43. The van der Waals surface area contributed by atoms with E-state index in [1.807, 2.05) is 31.2 Å². The van der Waals surface area contributed by atoms with Crippen molar-refractivity contribution in [2.45, 2.75) is 13.3 Å². The Morgan fingerprint density at radius 1 is 1.05 bits per heavy atom. The van der Waals surface area contributed by atoms with Gasteiger partial charge in [-0.25, -0.2) is 4.98 Å². The standard InChI is InChI=1S/C15H18N2O2/c1-2-18-14-6-3-12(4-7-14)9-10-19-15-8-5-13(16)11-17-15/h3-8,11H,2,9-10,16H2,1H3. The highest BCUT2D eigenvalue weighted by Crippen LogP contribution is 2.13. The van der Waals surface area contributed by atoms with E-state index < -0.39 is 0 Å². The van der Waals surface area contributed by atoms with Gasteiger partial charge in [-0.2, -0.15) is 0 Å². The molecule has 0 fully saturated rings. The lowest BCUT2D eigenvalue weighted by Gasteiger charge is -2.07. The van der Waals surface area contributed by atoms with Crippen LogP contribution in [0.15, 0.2) is 42.6 Å². The van der Waals surface area contributed by atoms with Gasteiger partial charge in [-0.1, -0.05) is 12.1 Å². The molecule has 0 aliphatic carbocycles. The van der Waals surface area contributed by atoms with E-state index in [4.69, 9.17) is 15.2 Å². The van der Waals surface area contributed by atoms with Crippen LogP contribution >= 0.6 is 0 Å². The summed E-state index contributed by atoms with van der Waals surface area (Å²) >= 11 is 0. The summed E-state index contributed by atoms with van der Waals surface area (Å²) in [6.07, 6.45) is 2.42. The van der Waals surface area contributed by atoms with Gasteiger partial charge in [-0.3, -0.25) is 0 Å². The minimum atomic E-state index is 0.588. The van der Waals surface area contributed by atoms with Crippen LogP contribution in [0.2, 0.25) is 0 Å². The molecule has 0 spiro atoms. The first kappa shape index (κ1) is 13.2. The maximum atomic E-state index is 5.56. The second kappa shape index (κ2) is 6.64. The third-order valence-electron chi connectivity index (χ3n) is 2.63. The van der Waals surface area contributed by atoms with Crippen LogP contribution < -0.4 is 15.2 Å². The molecule has 0 bridgehead atoms. The Hall–Kier alpha value is -2.23. The number of benzene rings is 1. The van der Waals surface area contributed by atoms with Gasteiger partial charge in [-0.05, 0) is 30.7 Å². The van der Waals surface area contributed by atoms with Crippen LogP contribution in [-0.2, 0) is 6.42 Å². The number of aromatic nitrogens is 1. The Labute approximate surface area is 113 Å². The molecule has 2 rings (SSSR count). The van der Waals surface area contributed by atoms with Gasteiger partial charge in [0.1, 0.15) is 5.75 Å². The van der Waals surface area contributed by atoms with Gasteiger partial charge in [0, 0.05) is 12.5 Å². The number of nitrogen functional groups attached to an aromatic ring is 1. The van der Waals surface area contributed by atoms with Crippen molar-refractivity contribution in [2.75, 3.05) is 18.9 Å². The fourth-order valence-corrected chi connectivity index (χ4v) is 1.67. The van der Waals surface area contributed by atoms with E-state index in [-0.39, 0.29) is 0 Å². The first-order chi connectivity index (χ1) is 9.28. The largest absolute Gasteiger partial charge is 0.494 e. The molecule has 1 aromatic carbocycles. The van der Waals surface area contributed by atoms with Gasteiger partial charge in [0.05, 0.1) is 25.1 Å². The number of ether oxygens (including phenoxy) is 2. The molecule has 0 saturated heterocycles. The van der Waals surface area contributed by atoms with Gasteiger partial charge >= 0.3 is 0 Å². The molecule has 0 aliphatic heterocycles. The number of nitrogens with two attached hydrogens (primary N) is 1. The molecule has 0 saturated carbocycles. The van der Waals surface area contributed by atoms with Gasteiger partial charge in [0.25, 0.3) is 0 Å². The normalized spacial score (nSPS) is 10.2. The van der Waals surface area contributed by atoms with E-state index in [0.717, 1.165) is 12.2 Å². The maximum absolute atomic E-state index is 5.56. The fraction of sp³-hybridized carbons (Fsp3) is 0.267. The average molecular weight is 258 g/mol. The van der Waals surface area contributed by atoms with Crippen molar-refractivity contribution in [3.05, 3.63) is 48.2 Å². The first-order valence-electron chi connectivity index (χ1n) is 6.34. The molecular weight excluding hydrogens is 240 g/mol. The summed E-state index contributed by atoms with van der Waals surface area (Å²) < 4.78 is 10.9. The Balaban J connectivity index is 1.80. The summed E-state index contributed by atoms with van der Waals surface area (Å²) in [6.45, 7) is 3.25. The van der Waals surface area contributed by atoms with Crippen LogP contribution in [0.3, 0.4) is 0 Å². The molecule has 0 amide bonds. The van der Waals surface area contributed by atoms with Crippen molar-refractivity contribution >= 4 is 5.69 Å². The smallest absolute Gasteiger partial charge is 0.213 e. The molecule has 1 heterocycles. The van der Waals surface area contributed by atoms with Crippen LogP contribution in [0, 0.1) is 0 Å². The molecule has 4 heteroatoms.